The molecule has 40 heavy (non-hydrogen) atoms. The van der Waals surface area contributed by atoms with Gasteiger partial charge in [-0.2, -0.15) is 0 Å². The van der Waals surface area contributed by atoms with Gasteiger partial charge in [-0.05, 0) is 102 Å². The molecule has 2 amide bonds. The number of imidazole rings is 1. The third-order valence-corrected chi connectivity index (χ3v) is 8.22. The van der Waals surface area contributed by atoms with Gasteiger partial charge in [0, 0.05) is 30.4 Å². The Morgan fingerprint density at radius 1 is 1.05 bits per heavy atom. The number of benzene rings is 2. The van der Waals surface area contributed by atoms with Crippen LogP contribution in [0.1, 0.15) is 67.9 Å². The van der Waals surface area contributed by atoms with Crippen LogP contribution in [0.4, 0.5) is 4.79 Å². The third kappa shape index (κ3) is 6.82. The number of nitrogens with zero attached hydrogens (tertiary/aromatic N) is 3. The maximum absolute atomic E-state index is 12.8. The molecule has 2 N–H and O–H groups in total. The highest BCUT2D eigenvalue weighted by Crippen LogP contribution is 2.31. The predicted molar refractivity (Wildman–Crippen MR) is 161 cm³/mol. The number of piperidine rings is 1. The molecule has 1 aliphatic rings. The Morgan fingerprint density at radius 2 is 1.85 bits per heavy atom. The Balaban J connectivity index is 1.21. The Labute approximate surface area is 239 Å². The average Bonchev–Trinajstić information content (AvgIpc) is 3.48. The van der Waals surface area contributed by atoms with Gasteiger partial charge in [0.2, 0.25) is 0 Å². The number of amides is 2. The number of rotatable bonds is 8. The van der Waals surface area contributed by atoms with E-state index in [1.54, 1.807) is 11.3 Å². The number of carbonyl (C=O) groups is 2. The molecule has 8 nitrogen and oxygen atoms in total. The van der Waals surface area contributed by atoms with E-state index in [4.69, 9.17) is 9.72 Å². The van der Waals surface area contributed by atoms with Crippen LogP contribution < -0.4 is 10.6 Å². The zero-order chi connectivity index (χ0) is 28.3. The van der Waals surface area contributed by atoms with Crippen LogP contribution >= 0.6 is 11.3 Å². The molecule has 1 fully saturated rings. The van der Waals surface area contributed by atoms with Crippen molar-refractivity contribution in [1.82, 2.24) is 24.9 Å². The van der Waals surface area contributed by atoms with Gasteiger partial charge < -0.3 is 20.3 Å². The number of alkyl carbamates (subject to hydrolysis) is 1. The molecular formula is C31H39N5O3S. The summed E-state index contributed by atoms with van der Waals surface area (Å²) in [5.41, 5.74) is 5.19. The lowest BCUT2D eigenvalue weighted by molar-refractivity contribution is 0.0523. The fourth-order valence-electron chi connectivity index (χ4n) is 5.11. The summed E-state index contributed by atoms with van der Waals surface area (Å²) in [6.07, 6.45) is 6.52. The fraction of sp³-hybridized carbons (Fsp3) is 0.452. The van der Waals surface area contributed by atoms with Crippen molar-refractivity contribution in [3.8, 4) is 11.3 Å². The van der Waals surface area contributed by atoms with E-state index < -0.39 is 11.7 Å². The van der Waals surface area contributed by atoms with Gasteiger partial charge in [-0.3, -0.25) is 9.20 Å². The molecule has 5 rings (SSSR count). The number of fused-ring (bicyclic) bond motifs is 3. The van der Waals surface area contributed by atoms with Crippen LogP contribution in [0.25, 0.3) is 26.4 Å². The van der Waals surface area contributed by atoms with Crippen molar-refractivity contribution in [2.45, 2.75) is 65.5 Å². The molecule has 0 spiro atoms. The summed E-state index contributed by atoms with van der Waals surface area (Å²) in [5, 5.41) is 5.91. The van der Waals surface area contributed by atoms with Crippen LogP contribution in [0.15, 0.2) is 42.6 Å². The second-order valence-corrected chi connectivity index (χ2v) is 12.6. The number of nitrogens with one attached hydrogen (secondary N) is 2. The second-order valence-electron chi connectivity index (χ2n) is 11.6. The van der Waals surface area contributed by atoms with E-state index in [1.165, 1.54) is 32.4 Å². The summed E-state index contributed by atoms with van der Waals surface area (Å²) in [4.78, 5) is 33.0. The minimum Gasteiger partial charge on any atom is -0.444 e. The molecule has 2 aromatic carbocycles. The van der Waals surface area contributed by atoms with Crippen LogP contribution in [0.2, 0.25) is 0 Å². The molecule has 3 heterocycles. The highest BCUT2D eigenvalue weighted by Gasteiger charge is 2.17. The molecule has 2 aromatic heterocycles. The number of likely N-dealkylation sites (tertiary alicyclic amines) is 1. The van der Waals surface area contributed by atoms with Crippen molar-refractivity contribution in [1.29, 1.82) is 0 Å². The number of carbonyl (C=O) groups excluding carboxylic acids is 2. The first-order valence-electron chi connectivity index (χ1n) is 14.2. The maximum Gasteiger partial charge on any atom is 0.407 e. The molecule has 1 saturated heterocycles. The van der Waals surface area contributed by atoms with Crippen LogP contribution in [0, 0.1) is 6.92 Å². The number of aryl methyl sites for hydroxylation is 1. The molecule has 4 aromatic rings. The lowest BCUT2D eigenvalue weighted by Crippen LogP contribution is -2.33. The zero-order valence-corrected chi connectivity index (χ0v) is 24.7. The number of ether oxygens (including phenoxy) is 1. The standard InChI is InChI=1S/C31H39N5O3S/c1-21-17-22(9-10-24(21)19-33-30(38)39-31(2,3)4)25-20-36-26-12-11-23(18-27(26)40-29(36)34-25)28(37)32-13-8-16-35-14-6-5-7-15-35/h9-12,17-18,20H,5-8,13-16,19H2,1-4H3,(H,32,37)(H,33,38). The summed E-state index contributed by atoms with van der Waals surface area (Å²) in [7, 11) is 0. The van der Waals surface area contributed by atoms with Crippen molar-refractivity contribution < 1.29 is 14.3 Å². The summed E-state index contributed by atoms with van der Waals surface area (Å²) >= 11 is 1.58. The monoisotopic (exact) mass is 561 g/mol. The normalized spacial score (nSPS) is 14.5. The van der Waals surface area contributed by atoms with E-state index in [-0.39, 0.29) is 5.91 Å². The van der Waals surface area contributed by atoms with Crippen molar-refractivity contribution >= 4 is 38.5 Å². The van der Waals surface area contributed by atoms with Gasteiger partial charge in [-0.25, -0.2) is 9.78 Å². The predicted octanol–water partition coefficient (Wildman–Crippen LogP) is 6.15. The van der Waals surface area contributed by atoms with Gasteiger partial charge in [0.25, 0.3) is 5.91 Å². The minimum absolute atomic E-state index is 0.0241. The van der Waals surface area contributed by atoms with Crippen molar-refractivity contribution in [3.05, 3.63) is 59.3 Å². The Kier molecular flexibility index (Phi) is 8.42. The molecule has 0 atom stereocenters. The number of thiazole rings is 1. The third-order valence-electron chi connectivity index (χ3n) is 7.20. The first-order valence-corrected chi connectivity index (χ1v) is 15.0. The van der Waals surface area contributed by atoms with E-state index in [9.17, 15) is 9.59 Å². The Hall–Kier alpha value is -3.43. The average molecular weight is 562 g/mol. The van der Waals surface area contributed by atoms with Crippen LogP contribution in [-0.4, -0.2) is 58.1 Å². The summed E-state index contributed by atoms with van der Waals surface area (Å²) in [6.45, 7) is 12.1. The van der Waals surface area contributed by atoms with Crippen molar-refractivity contribution in [2.24, 2.45) is 0 Å². The molecule has 0 saturated carbocycles. The quantitative estimate of drug-likeness (QED) is 0.252. The number of aromatic nitrogens is 2. The number of hydrogen-bond donors (Lipinski definition) is 2. The van der Waals surface area contributed by atoms with Gasteiger partial charge >= 0.3 is 6.09 Å². The topological polar surface area (TPSA) is 88.0 Å². The van der Waals surface area contributed by atoms with E-state index >= 15 is 0 Å². The lowest BCUT2D eigenvalue weighted by atomic mass is 10.0. The molecule has 9 heteroatoms. The molecule has 212 valence electrons. The first-order chi connectivity index (χ1) is 19.2. The zero-order valence-electron chi connectivity index (χ0n) is 23.9. The van der Waals surface area contributed by atoms with E-state index in [2.05, 4.69) is 26.0 Å². The van der Waals surface area contributed by atoms with Gasteiger partial charge in [0.1, 0.15) is 5.60 Å². The van der Waals surface area contributed by atoms with Gasteiger partial charge in [0.05, 0.1) is 15.9 Å². The van der Waals surface area contributed by atoms with E-state index in [0.717, 1.165) is 50.5 Å². The molecule has 0 bridgehead atoms. The molecular weight excluding hydrogens is 522 g/mol. The molecule has 0 unspecified atom stereocenters. The molecule has 1 aliphatic heterocycles. The van der Waals surface area contributed by atoms with Crippen LogP contribution in [-0.2, 0) is 11.3 Å². The summed E-state index contributed by atoms with van der Waals surface area (Å²) < 4.78 is 8.45. The SMILES string of the molecule is Cc1cc(-c2cn3c(n2)sc2cc(C(=O)NCCCN4CCCCC4)ccc23)ccc1CNC(=O)OC(C)(C)C. The highest BCUT2D eigenvalue weighted by atomic mass is 32.1. The van der Waals surface area contributed by atoms with Gasteiger partial charge in [-0.1, -0.05) is 29.9 Å². The Morgan fingerprint density at radius 3 is 2.60 bits per heavy atom. The lowest BCUT2D eigenvalue weighted by Gasteiger charge is -2.26. The second kappa shape index (κ2) is 12.0. The van der Waals surface area contributed by atoms with E-state index in [1.807, 2.05) is 64.2 Å². The fourth-order valence-corrected chi connectivity index (χ4v) is 6.15. The van der Waals surface area contributed by atoms with Crippen molar-refractivity contribution in [2.75, 3.05) is 26.2 Å². The summed E-state index contributed by atoms with van der Waals surface area (Å²) in [5.74, 6) is -0.0241. The first kappa shape index (κ1) is 28.1. The molecule has 0 radical (unpaired) electrons. The largest absolute Gasteiger partial charge is 0.444 e. The van der Waals surface area contributed by atoms with Gasteiger partial charge in [0.15, 0.2) is 4.96 Å². The number of hydrogen-bond acceptors (Lipinski definition) is 6. The smallest absolute Gasteiger partial charge is 0.407 e. The minimum atomic E-state index is -0.526. The molecule has 0 aliphatic carbocycles. The summed E-state index contributed by atoms with van der Waals surface area (Å²) in [6, 6.07) is 12.0. The highest BCUT2D eigenvalue weighted by molar-refractivity contribution is 7.23. The van der Waals surface area contributed by atoms with Crippen LogP contribution in [0.3, 0.4) is 0 Å². The maximum atomic E-state index is 12.8. The Bertz CT molecular complexity index is 1510. The van der Waals surface area contributed by atoms with Gasteiger partial charge in [-0.15, -0.1) is 0 Å². The van der Waals surface area contributed by atoms with Crippen LogP contribution in [0.5, 0.6) is 0 Å². The van der Waals surface area contributed by atoms with Crippen molar-refractivity contribution in [3.63, 3.8) is 0 Å². The van der Waals surface area contributed by atoms with E-state index in [0.29, 0.717) is 18.7 Å².